The summed E-state index contributed by atoms with van der Waals surface area (Å²) < 4.78 is 3.01. The Balaban J connectivity index is 1.33. The number of likely N-dealkylation sites (tertiary alicyclic amines) is 1. The summed E-state index contributed by atoms with van der Waals surface area (Å²) in [5.74, 6) is -0.273. The minimum absolute atomic E-state index is 0.0646. The summed E-state index contributed by atoms with van der Waals surface area (Å²) in [6.45, 7) is 0.680. The predicted molar refractivity (Wildman–Crippen MR) is 127 cm³/mol. The number of para-hydroxylation sites is 1. The first-order chi connectivity index (χ1) is 16.3. The molecule has 0 radical (unpaired) electrons. The third-order valence-corrected chi connectivity index (χ3v) is 6.56. The molecule has 34 heavy (non-hydrogen) atoms. The minimum atomic E-state index is -1.16. The standard InChI is InChI=1S/C23H20Cl2N6O3/c24-18-12-26-19(25)10-16(18)21(32)29-8-6-23(34,7-9-29)13-30-14-27-20-17(22(30)33)11-28-31(20)15-4-2-1-3-5-15/h1-5,10-12,14,34H,6-9,13H2. The quantitative estimate of drug-likeness (QED) is 0.433. The lowest BCUT2D eigenvalue weighted by Gasteiger charge is -2.38. The van der Waals surface area contributed by atoms with Gasteiger partial charge in [-0.25, -0.2) is 14.6 Å². The molecule has 1 aromatic carbocycles. The number of fused-ring (bicyclic) bond motifs is 1. The van der Waals surface area contributed by atoms with Gasteiger partial charge in [-0.2, -0.15) is 5.10 Å². The smallest absolute Gasteiger partial charge is 0.264 e. The predicted octanol–water partition coefficient (Wildman–Crippen LogP) is 2.95. The van der Waals surface area contributed by atoms with Crippen LogP contribution in [0, 0.1) is 0 Å². The van der Waals surface area contributed by atoms with E-state index in [1.165, 1.54) is 29.4 Å². The largest absolute Gasteiger partial charge is 0.388 e. The lowest BCUT2D eigenvalue weighted by molar-refractivity contribution is -0.0299. The molecule has 1 aliphatic heterocycles. The van der Waals surface area contributed by atoms with Gasteiger partial charge in [-0.05, 0) is 31.0 Å². The van der Waals surface area contributed by atoms with Gasteiger partial charge < -0.3 is 10.0 Å². The molecule has 174 valence electrons. The van der Waals surface area contributed by atoms with Gasteiger partial charge in [0.1, 0.15) is 16.9 Å². The van der Waals surface area contributed by atoms with E-state index in [-0.39, 0.29) is 33.8 Å². The van der Waals surface area contributed by atoms with Crippen molar-refractivity contribution in [3.63, 3.8) is 0 Å². The number of piperidine rings is 1. The zero-order valence-electron chi connectivity index (χ0n) is 17.9. The average Bonchev–Trinajstić information content (AvgIpc) is 3.28. The Hall–Kier alpha value is -3.27. The zero-order chi connectivity index (χ0) is 23.9. The van der Waals surface area contributed by atoms with Crippen molar-refractivity contribution in [3.05, 3.63) is 81.2 Å². The maximum absolute atomic E-state index is 13.1. The molecule has 4 heterocycles. The van der Waals surface area contributed by atoms with Crippen molar-refractivity contribution in [2.24, 2.45) is 0 Å². The number of pyridine rings is 1. The molecule has 1 aliphatic rings. The summed E-state index contributed by atoms with van der Waals surface area (Å²) in [6, 6.07) is 10.9. The van der Waals surface area contributed by atoms with Gasteiger partial charge in [0.25, 0.3) is 11.5 Å². The summed E-state index contributed by atoms with van der Waals surface area (Å²) in [6.07, 6.45) is 4.85. The number of carbonyl (C=O) groups excluding carboxylic acids is 1. The molecule has 0 atom stereocenters. The van der Waals surface area contributed by atoms with Gasteiger partial charge in [0.15, 0.2) is 5.65 Å². The second-order valence-corrected chi connectivity index (χ2v) is 9.10. The number of nitrogens with zero attached hydrogens (tertiary/aromatic N) is 6. The van der Waals surface area contributed by atoms with Gasteiger partial charge in [-0.3, -0.25) is 14.2 Å². The van der Waals surface area contributed by atoms with Crippen molar-refractivity contribution >= 4 is 40.1 Å². The Morgan fingerprint density at radius 2 is 1.82 bits per heavy atom. The number of amides is 1. The van der Waals surface area contributed by atoms with E-state index in [9.17, 15) is 14.7 Å². The van der Waals surface area contributed by atoms with E-state index in [1.54, 1.807) is 9.58 Å². The Labute approximate surface area is 204 Å². The number of carbonyl (C=O) groups is 1. The molecule has 9 nitrogen and oxygen atoms in total. The molecule has 11 heteroatoms. The van der Waals surface area contributed by atoms with Crippen LogP contribution in [0.3, 0.4) is 0 Å². The fourth-order valence-corrected chi connectivity index (χ4v) is 4.51. The molecule has 0 aliphatic carbocycles. The van der Waals surface area contributed by atoms with Crippen molar-refractivity contribution in [3.8, 4) is 5.69 Å². The maximum atomic E-state index is 13.1. The van der Waals surface area contributed by atoms with Crippen LogP contribution in [0.4, 0.5) is 0 Å². The van der Waals surface area contributed by atoms with Crippen molar-refractivity contribution in [2.75, 3.05) is 13.1 Å². The highest BCUT2D eigenvalue weighted by molar-refractivity contribution is 6.35. The van der Waals surface area contributed by atoms with Crippen LogP contribution >= 0.6 is 23.2 Å². The number of aromatic nitrogens is 5. The van der Waals surface area contributed by atoms with E-state index in [0.29, 0.717) is 37.0 Å². The molecule has 3 aromatic heterocycles. The van der Waals surface area contributed by atoms with Crippen LogP contribution in [0.25, 0.3) is 16.7 Å². The SMILES string of the molecule is O=C(c1cc(Cl)ncc1Cl)N1CCC(O)(Cn2cnc3c(cnn3-c3ccccc3)c2=O)CC1. The number of halogens is 2. The monoisotopic (exact) mass is 498 g/mol. The van der Waals surface area contributed by atoms with E-state index in [2.05, 4.69) is 15.1 Å². The molecular weight excluding hydrogens is 479 g/mol. The Morgan fingerprint density at radius 3 is 2.56 bits per heavy atom. The van der Waals surface area contributed by atoms with Crippen molar-refractivity contribution in [1.29, 1.82) is 0 Å². The third-order valence-electron chi connectivity index (χ3n) is 6.05. The first kappa shape index (κ1) is 22.5. The van der Waals surface area contributed by atoms with Crippen LogP contribution in [0.5, 0.6) is 0 Å². The summed E-state index contributed by atoms with van der Waals surface area (Å²) in [4.78, 5) is 35.8. The zero-order valence-corrected chi connectivity index (χ0v) is 19.4. The average molecular weight is 499 g/mol. The summed E-state index contributed by atoms with van der Waals surface area (Å²) in [5.41, 5.74) is 0.0808. The minimum Gasteiger partial charge on any atom is -0.388 e. The van der Waals surface area contributed by atoms with Crippen LogP contribution < -0.4 is 5.56 Å². The van der Waals surface area contributed by atoms with Crippen LogP contribution in [-0.4, -0.2) is 58.9 Å². The first-order valence-corrected chi connectivity index (χ1v) is 11.4. The molecule has 1 amide bonds. The summed E-state index contributed by atoms with van der Waals surface area (Å²) in [7, 11) is 0. The molecule has 0 bridgehead atoms. The number of hydrogen-bond donors (Lipinski definition) is 1. The van der Waals surface area contributed by atoms with Gasteiger partial charge >= 0.3 is 0 Å². The fraction of sp³-hybridized carbons (Fsp3) is 0.261. The van der Waals surface area contributed by atoms with Gasteiger partial charge in [0.05, 0.1) is 34.6 Å². The van der Waals surface area contributed by atoms with Crippen molar-refractivity contribution in [2.45, 2.75) is 25.0 Å². The van der Waals surface area contributed by atoms with Gasteiger partial charge in [0.2, 0.25) is 0 Å². The number of aliphatic hydroxyl groups is 1. The van der Waals surface area contributed by atoms with E-state index in [1.807, 2.05) is 30.3 Å². The topological polar surface area (TPSA) is 106 Å². The summed E-state index contributed by atoms with van der Waals surface area (Å²) >= 11 is 12.0. The van der Waals surface area contributed by atoms with Gasteiger partial charge in [-0.15, -0.1) is 0 Å². The van der Waals surface area contributed by atoms with E-state index in [0.717, 1.165) is 5.69 Å². The molecule has 0 unspecified atom stereocenters. The number of hydrogen-bond acceptors (Lipinski definition) is 6. The molecule has 0 spiro atoms. The molecule has 0 saturated carbocycles. The van der Waals surface area contributed by atoms with E-state index < -0.39 is 5.60 Å². The lowest BCUT2D eigenvalue weighted by Crippen LogP contribution is -2.49. The molecule has 1 saturated heterocycles. The van der Waals surface area contributed by atoms with Crippen LogP contribution in [0.2, 0.25) is 10.2 Å². The van der Waals surface area contributed by atoms with Crippen LogP contribution in [-0.2, 0) is 6.54 Å². The first-order valence-electron chi connectivity index (χ1n) is 10.7. The second-order valence-electron chi connectivity index (χ2n) is 8.31. The summed E-state index contributed by atoms with van der Waals surface area (Å²) in [5, 5.41) is 16.2. The van der Waals surface area contributed by atoms with E-state index in [4.69, 9.17) is 23.2 Å². The maximum Gasteiger partial charge on any atom is 0.264 e. The van der Waals surface area contributed by atoms with Crippen molar-refractivity contribution in [1.82, 2.24) is 29.2 Å². The normalized spacial score (nSPS) is 15.6. The highest BCUT2D eigenvalue weighted by Crippen LogP contribution is 2.27. The van der Waals surface area contributed by atoms with Gasteiger partial charge in [0, 0.05) is 19.3 Å². The molecule has 1 fully saturated rings. The highest BCUT2D eigenvalue weighted by Gasteiger charge is 2.35. The van der Waals surface area contributed by atoms with Crippen LogP contribution in [0.1, 0.15) is 23.2 Å². The fourth-order valence-electron chi connectivity index (χ4n) is 4.17. The van der Waals surface area contributed by atoms with Gasteiger partial charge in [-0.1, -0.05) is 41.4 Å². The van der Waals surface area contributed by atoms with Crippen molar-refractivity contribution < 1.29 is 9.90 Å². The Morgan fingerprint density at radius 1 is 1.09 bits per heavy atom. The highest BCUT2D eigenvalue weighted by atomic mass is 35.5. The second kappa shape index (κ2) is 8.83. The third kappa shape index (κ3) is 4.18. The number of rotatable bonds is 4. The van der Waals surface area contributed by atoms with E-state index >= 15 is 0 Å². The number of benzene rings is 1. The Bertz CT molecular complexity index is 1430. The molecule has 5 rings (SSSR count). The molecule has 4 aromatic rings. The Kier molecular flexibility index (Phi) is 5.85. The molecular formula is C23H20Cl2N6O3. The lowest BCUT2D eigenvalue weighted by atomic mass is 9.91. The van der Waals surface area contributed by atoms with Crippen LogP contribution in [0.15, 0.2) is 59.9 Å². The molecule has 1 N–H and O–H groups in total.